The Morgan fingerprint density at radius 3 is 1.09 bits per heavy atom. The molecule has 0 rings (SSSR count). The molecule has 0 aromatic heterocycles. The lowest BCUT2D eigenvalue weighted by atomic mass is 9.84. The summed E-state index contributed by atoms with van der Waals surface area (Å²) in [7, 11) is 1.71. The number of ketones is 2. The Balaban J connectivity index is 4.14. The Labute approximate surface area is 281 Å². The van der Waals surface area contributed by atoms with Crippen molar-refractivity contribution < 1.29 is 14.7 Å². The van der Waals surface area contributed by atoms with Crippen LogP contribution in [0.15, 0.2) is 24.3 Å². The molecule has 0 bridgehead atoms. The average molecular weight is 632 g/mol. The van der Waals surface area contributed by atoms with Crippen LogP contribution in [-0.4, -0.2) is 40.4 Å². The van der Waals surface area contributed by atoms with Crippen molar-refractivity contribution in [3.05, 3.63) is 24.3 Å². The molecule has 4 nitrogen and oxygen atoms in total. The lowest BCUT2D eigenvalue weighted by molar-refractivity contribution is -0.149. The van der Waals surface area contributed by atoms with Crippen LogP contribution in [0.4, 0.5) is 0 Å². The zero-order valence-electron chi connectivity index (χ0n) is 30.9. The van der Waals surface area contributed by atoms with Gasteiger partial charge in [0.25, 0.3) is 0 Å². The van der Waals surface area contributed by atoms with Gasteiger partial charge < -0.3 is 5.11 Å². The molecule has 264 valence electrons. The van der Waals surface area contributed by atoms with E-state index < -0.39 is 11.8 Å². The second kappa shape index (κ2) is 31.3. The molecule has 0 amide bonds. The molecular weight excluding hydrogens is 554 g/mol. The number of carbonyl (C=O) groups excluding carboxylic acids is 2. The van der Waals surface area contributed by atoms with E-state index >= 15 is 0 Å². The molecule has 1 N–H and O–H groups in total. The van der Waals surface area contributed by atoms with Crippen molar-refractivity contribution >= 4 is 11.6 Å². The third-order valence-corrected chi connectivity index (χ3v) is 9.68. The Bertz CT molecular complexity index is 689. The van der Waals surface area contributed by atoms with E-state index in [-0.39, 0.29) is 11.6 Å². The van der Waals surface area contributed by atoms with Crippen molar-refractivity contribution in [3.63, 3.8) is 0 Å². The van der Waals surface area contributed by atoms with Crippen LogP contribution in [0.1, 0.15) is 207 Å². The maximum Gasteiger partial charge on any atom is 0.160 e. The van der Waals surface area contributed by atoms with Gasteiger partial charge in [-0.1, -0.05) is 141 Å². The Morgan fingerprint density at radius 2 is 0.800 bits per heavy atom. The van der Waals surface area contributed by atoms with E-state index in [0.29, 0.717) is 12.8 Å². The van der Waals surface area contributed by atoms with Gasteiger partial charge in [-0.15, -0.1) is 0 Å². The Kier molecular flexibility index (Phi) is 30.5. The third-order valence-electron chi connectivity index (χ3n) is 9.68. The van der Waals surface area contributed by atoms with E-state index in [4.69, 9.17) is 0 Å². The molecule has 0 aliphatic carbocycles. The van der Waals surface area contributed by atoms with Crippen molar-refractivity contribution in [2.24, 2.45) is 0 Å². The number of nitrogens with zero attached hydrogens (tertiary/aromatic N) is 1. The van der Waals surface area contributed by atoms with Crippen LogP contribution in [0.3, 0.4) is 0 Å². The molecule has 0 heterocycles. The second-order valence-corrected chi connectivity index (χ2v) is 13.8. The highest BCUT2D eigenvalue weighted by atomic mass is 16.3. The topological polar surface area (TPSA) is 57.6 Å². The monoisotopic (exact) mass is 632 g/mol. The van der Waals surface area contributed by atoms with E-state index in [2.05, 4.69) is 38.2 Å². The summed E-state index contributed by atoms with van der Waals surface area (Å²) in [5.74, 6) is -0.0810. The molecule has 0 aliphatic rings. The zero-order valence-corrected chi connectivity index (χ0v) is 30.9. The van der Waals surface area contributed by atoms with Crippen molar-refractivity contribution in [2.75, 3.05) is 7.05 Å². The fourth-order valence-corrected chi connectivity index (χ4v) is 6.12. The van der Waals surface area contributed by atoms with Gasteiger partial charge in [-0.2, -0.15) is 0 Å². The summed E-state index contributed by atoms with van der Waals surface area (Å²) in [5, 5.41) is 10.3. The van der Waals surface area contributed by atoms with E-state index in [1.54, 1.807) is 25.8 Å². The molecule has 0 aromatic rings. The fourth-order valence-electron chi connectivity index (χ4n) is 6.12. The molecular formula is C41H77NO3. The molecule has 1 atom stereocenters. The number of Topliss-reactive ketones (excluding diaryl/α,β-unsaturated/α-hetero) is 2. The van der Waals surface area contributed by atoms with E-state index in [0.717, 1.165) is 51.4 Å². The number of unbranched alkanes of at least 4 members (excludes halogenated alkanes) is 22. The highest BCUT2D eigenvalue weighted by Gasteiger charge is 2.44. The van der Waals surface area contributed by atoms with Gasteiger partial charge in [0.1, 0.15) is 11.8 Å². The van der Waals surface area contributed by atoms with Gasteiger partial charge in [0.05, 0.1) is 0 Å². The zero-order chi connectivity index (χ0) is 33.4. The molecule has 0 spiro atoms. The van der Waals surface area contributed by atoms with Crippen LogP contribution in [0.25, 0.3) is 0 Å². The lowest BCUT2D eigenvalue weighted by Gasteiger charge is -2.38. The molecule has 45 heavy (non-hydrogen) atoms. The van der Waals surface area contributed by atoms with Gasteiger partial charge in [-0.25, -0.2) is 0 Å². The average Bonchev–Trinajstić information content (AvgIpc) is 3.03. The maximum atomic E-state index is 13.4. The van der Waals surface area contributed by atoms with Crippen LogP contribution in [0.2, 0.25) is 0 Å². The SMILES string of the molecule is CCCCCCCC/C=C\CCCCCCCC(=O)C(C)(C(=O)CCCCCCC/C=C\CCCCCCCC)N(C)C(C)O. The molecule has 0 fully saturated rings. The summed E-state index contributed by atoms with van der Waals surface area (Å²) < 4.78 is 0. The van der Waals surface area contributed by atoms with Crippen molar-refractivity contribution in [2.45, 2.75) is 219 Å². The molecule has 0 saturated carbocycles. The van der Waals surface area contributed by atoms with Gasteiger partial charge in [0.2, 0.25) is 0 Å². The van der Waals surface area contributed by atoms with Crippen LogP contribution in [-0.2, 0) is 9.59 Å². The van der Waals surface area contributed by atoms with Crippen LogP contribution in [0.5, 0.6) is 0 Å². The van der Waals surface area contributed by atoms with E-state index in [1.165, 1.54) is 116 Å². The predicted molar refractivity (Wildman–Crippen MR) is 197 cm³/mol. The quantitative estimate of drug-likeness (QED) is 0.0332. The largest absolute Gasteiger partial charge is 0.379 e. The number of hydrogen-bond donors (Lipinski definition) is 1. The van der Waals surface area contributed by atoms with Crippen LogP contribution in [0, 0.1) is 0 Å². The first-order valence-electron chi connectivity index (χ1n) is 19.6. The first kappa shape index (κ1) is 43.7. The summed E-state index contributed by atoms with van der Waals surface area (Å²) in [6.07, 6.45) is 41.1. The van der Waals surface area contributed by atoms with Gasteiger partial charge in [-0.05, 0) is 85.1 Å². The minimum absolute atomic E-state index is 0.0405. The number of allylic oxidation sites excluding steroid dienone is 4. The minimum Gasteiger partial charge on any atom is -0.379 e. The van der Waals surface area contributed by atoms with Crippen LogP contribution < -0.4 is 0 Å². The summed E-state index contributed by atoms with van der Waals surface area (Å²) in [4.78, 5) is 28.3. The molecule has 0 aliphatic heterocycles. The highest BCUT2D eigenvalue weighted by Crippen LogP contribution is 2.25. The maximum absolute atomic E-state index is 13.4. The minimum atomic E-state index is -1.24. The lowest BCUT2D eigenvalue weighted by Crippen LogP contribution is -2.59. The number of carbonyl (C=O) groups is 2. The van der Waals surface area contributed by atoms with Crippen molar-refractivity contribution in [1.29, 1.82) is 0 Å². The number of hydrogen-bond acceptors (Lipinski definition) is 4. The molecule has 0 aromatic carbocycles. The Hall–Kier alpha value is -1.26. The normalized spacial score (nSPS) is 13.0. The summed E-state index contributed by atoms with van der Waals surface area (Å²) in [6.45, 7) is 7.91. The van der Waals surface area contributed by atoms with Gasteiger partial charge in [0.15, 0.2) is 11.6 Å². The smallest absolute Gasteiger partial charge is 0.160 e. The van der Waals surface area contributed by atoms with Gasteiger partial charge in [0, 0.05) is 12.8 Å². The first-order chi connectivity index (χ1) is 21.8. The number of rotatable bonds is 34. The van der Waals surface area contributed by atoms with Gasteiger partial charge >= 0.3 is 0 Å². The summed E-state index contributed by atoms with van der Waals surface area (Å²) in [5.41, 5.74) is -1.24. The fraction of sp³-hybridized carbons (Fsp3) is 0.854. The first-order valence-corrected chi connectivity index (χ1v) is 19.6. The van der Waals surface area contributed by atoms with E-state index in [1.807, 2.05) is 0 Å². The summed E-state index contributed by atoms with van der Waals surface area (Å²) in [6, 6.07) is 0. The summed E-state index contributed by atoms with van der Waals surface area (Å²) >= 11 is 0. The number of aliphatic hydroxyl groups excluding tert-OH is 1. The highest BCUT2D eigenvalue weighted by molar-refractivity contribution is 6.11. The van der Waals surface area contributed by atoms with Gasteiger partial charge in [-0.3, -0.25) is 14.5 Å². The predicted octanol–water partition coefficient (Wildman–Crippen LogP) is 12.2. The molecule has 0 saturated heterocycles. The third kappa shape index (κ3) is 23.7. The number of aliphatic hydroxyl groups is 1. The van der Waals surface area contributed by atoms with Crippen molar-refractivity contribution in [1.82, 2.24) is 4.90 Å². The van der Waals surface area contributed by atoms with Crippen molar-refractivity contribution in [3.8, 4) is 0 Å². The second-order valence-electron chi connectivity index (χ2n) is 13.8. The Morgan fingerprint density at radius 1 is 0.533 bits per heavy atom. The molecule has 4 heteroatoms. The van der Waals surface area contributed by atoms with Crippen LogP contribution >= 0.6 is 0 Å². The van der Waals surface area contributed by atoms with E-state index in [9.17, 15) is 14.7 Å². The molecule has 1 unspecified atom stereocenters. The molecule has 0 radical (unpaired) electrons. The number of likely N-dealkylation sites (N-methyl/N-ethyl adjacent to an activating group) is 1. The standard InChI is InChI=1S/C41H77NO3/c1-6-8-10-12-14-16-18-20-22-24-26-28-30-32-34-36-39(44)41(4,42(5)38(3)43)40(45)37-35-33-31-29-27-25-23-21-19-17-15-13-11-9-7-2/h20-23,38,43H,6-19,24-37H2,1-5H3/b22-20-,23-21-.